The third kappa shape index (κ3) is 2.86. The van der Waals surface area contributed by atoms with Gasteiger partial charge in [-0.25, -0.2) is 0 Å². The van der Waals surface area contributed by atoms with Crippen LogP contribution in [0.25, 0.3) is 0 Å². The number of para-hydroxylation sites is 1. The lowest BCUT2D eigenvalue weighted by Gasteiger charge is -2.15. The van der Waals surface area contributed by atoms with Crippen molar-refractivity contribution in [3.05, 3.63) is 58.6 Å². The molecule has 0 amide bonds. The SMILES string of the molecule is N#Cc1c(Cl)cccc1Nc1ccccc1C(F)(F)F. The van der Waals surface area contributed by atoms with E-state index in [1.165, 1.54) is 30.3 Å². The number of hydrogen-bond acceptors (Lipinski definition) is 2. The van der Waals surface area contributed by atoms with Crippen LogP contribution in [0.5, 0.6) is 0 Å². The summed E-state index contributed by atoms with van der Waals surface area (Å²) in [5.74, 6) is 0. The highest BCUT2D eigenvalue weighted by Crippen LogP contribution is 2.36. The zero-order valence-corrected chi connectivity index (χ0v) is 10.8. The van der Waals surface area contributed by atoms with Crippen LogP contribution in [0.15, 0.2) is 42.5 Å². The number of anilines is 2. The first-order chi connectivity index (χ1) is 9.43. The molecule has 0 saturated carbocycles. The molecule has 0 spiro atoms. The third-order valence-corrected chi connectivity index (χ3v) is 2.94. The Balaban J connectivity index is 2.47. The molecule has 1 N–H and O–H groups in total. The Bertz CT molecular complexity index is 675. The van der Waals surface area contributed by atoms with Crippen molar-refractivity contribution in [2.24, 2.45) is 0 Å². The van der Waals surface area contributed by atoms with E-state index in [0.717, 1.165) is 6.07 Å². The summed E-state index contributed by atoms with van der Waals surface area (Å²) in [5.41, 5.74) is -0.592. The largest absolute Gasteiger partial charge is 0.418 e. The van der Waals surface area contributed by atoms with Crippen molar-refractivity contribution in [1.29, 1.82) is 5.26 Å². The molecule has 0 radical (unpaired) electrons. The number of nitriles is 1. The van der Waals surface area contributed by atoms with Gasteiger partial charge < -0.3 is 5.32 Å². The van der Waals surface area contributed by atoms with Gasteiger partial charge in [-0.1, -0.05) is 29.8 Å². The van der Waals surface area contributed by atoms with Crippen LogP contribution in [-0.2, 0) is 6.18 Å². The fourth-order valence-electron chi connectivity index (χ4n) is 1.73. The summed E-state index contributed by atoms with van der Waals surface area (Å²) >= 11 is 5.84. The minimum Gasteiger partial charge on any atom is -0.354 e. The first kappa shape index (κ1) is 14.2. The number of halogens is 4. The van der Waals surface area contributed by atoms with E-state index in [1.807, 2.05) is 6.07 Å². The second-order valence-corrected chi connectivity index (χ2v) is 4.35. The van der Waals surface area contributed by atoms with Crippen LogP contribution in [0, 0.1) is 11.3 Å². The van der Waals surface area contributed by atoms with Crippen LogP contribution in [0.2, 0.25) is 5.02 Å². The summed E-state index contributed by atoms with van der Waals surface area (Å²) in [6, 6.07) is 11.5. The molecule has 102 valence electrons. The molecule has 0 unspecified atom stereocenters. The molecule has 0 bridgehead atoms. The van der Waals surface area contributed by atoms with E-state index in [2.05, 4.69) is 5.32 Å². The van der Waals surface area contributed by atoms with Crippen LogP contribution in [0.1, 0.15) is 11.1 Å². The Morgan fingerprint density at radius 3 is 2.30 bits per heavy atom. The fourth-order valence-corrected chi connectivity index (χ4v) is 1.94. The standard InChI is InChI=1S/C14H8ClF3N2/c15-11-5-3-7-12(9(11)8-19)20-13-6-2-1-4-10(13)14(16,17)18/h1-7,20H. The molecular formula is C14H8ClF3N2. The lowest BCUT2D eigenvalue weighted by atomic mass is 10.1. The van der Waals surface area contributed by atoms with E-state index in [9.17, 15) is 13.2 Å². The van der Waals surface area contributed by atoms with Gasteiger partial charge in [0, 0.05) is 0 Å². The van der Waals surface area contributed by atoms with Crippen LogP contribution < -0.4 is 5.32 Å². The smallest absolute Gasteiger partial charge is 0.354 e. The van der Waals surface area contributed by atoms with E-state index < -0.39 is 11.7 Å². The van der Waals surface area contributed by atoms with E-state index in [-0.39, 0.29) is 22.0 Å². The maximum Gasteiger partial charge on any atom is 0.418 e. The average molecular weight is 297 g/mol. The Morgan fingerprint density at radius 1 is 1.00 bits per heavy atom. The number of nitrogens with one attached hydrogen (secondary N) is 1. The van der Waals surface area contributed by atoms with Crippen molar-refractivity contribution < 1.29 is 13.2 Å². The minimum atomic E-state index is -4.48. The maximum absolute atomic E-state index is 12.9. The van der Waals surface area contributed by atoms with Gasteiger partial charge in [0.25, 0.3) is 0 Å². The summed E-state index contributed by atoms with van der Waals surface area (Å²) < 4.78 is 38.6. The average Bonchev–Trinajstić information content (AvgIpc) is 2.38. The number of nitrogens with zero attached hydrogens (tertiary/aromatic N) is 1. The molecule has 0 heterocycles. The van der Waals surface area contributed by atoms with Gasteiger partial charge in [-0.2, -0.15) is 18.4 Å². The fraction of sp³-hybridized carbons (Fsp3) is 0.0714. The Hall–Kier alpha value is -2.19. The highest BCUT2D eigenvalue weighted by Gasteiger charge is 2.33. The number of rotatable bonds is 2. The highest BCUT2D eigenvalue weighted by molar-refractivity contribution is 6.32. The van der Waals surface area contributed by atoms with Gasteiger partial charge in [-0.15, -0.1) is 0 Å². The van der Waals surface area contributed by atoms with Gasteiger partial charge in [-0.05, 0) is 24.3 Å². The summed E-state index contributed by atoms with van der Waals surface area (Å²) in [6.45, 7) is 0. The van der Waals surface area contributed by atoms with Gasteiger partial charge >= 0.3 is 6.18 Å². The van der Waals surface area contributed by atoms with Crippen LogP contribution in [-0.4, -0.2) is 0 Å². The lowest BCUT2D eigenvalue weighted by molar-refractivity contribution is -0.136. The first-order valence-electron chi connectivity index (χ1n) is 5.55. The second-order valence-electron chi connectivity index (χ2n) is 3.94. The molecule has 2 nitrogen and oxygen atoms in total. The van der Waals surface area contributed by atoms with E-state index in [4.69, 9.17) is 16.9 Å². The van der Waals surface area contributed by atoms with E-state index in [1.54, 1.807) is 6.07 Å². The normalized spacial score (nSPS) is 10.9. The van der Waals surface area contributed by atoms with Crippen molar-refractivity contribution >= 4 is 23.0 Å². The number of benzene rings is 2. The molecule has 6 heteroatoms. The summed E-state index contributed by atoms with van der Waals surface area (Å²) in [6.07, 6.45) is -4.48. The Labute approximate surface area is 118 Å². The molecule has 0 aromatic heterocycles. The van der Waals surface area contributed by atoms with Gasteiger partial charge in [0.15, 0.2) is 0 Å². The van der Waals surface area contributed by atoms with Crippen LogP contribution >= 0.6 is 11.6 Å². The summed E-state index contributed by atoms with van der Waals surface area (Å²) in [4.78, 5) is 0. The van der Waals surface area contributed by atoms with Crippen molar-refractivity contribution in [3.8, 4) is 6.07 Å². The summed E-state index contributed by atoms with van der Waals surface area (Å²) in [5, 5.41) is 11.8. The molecule has 0 aliphatic carbocycles. The Kier molecular flexibility index (Phi) is 3.86. The molecule has 2 aromatic rings. The Morgan fingerprint density at radius 2 is 1.65 bits per heavy atom. The summed E-state index contributed by atoms with van der Waals surface area (Å²) in [7, 11) is 0. The van der Waals surface area contributed by atoms with E-state index >= 15 is 0 Å². The first-order valence-corrected chi connectivity index (χ1v) is 5.93. The van der Waals surface area contributed by atoms with Crippen molar-refractivity contribution in [2.45, 2.75) is 6.18 Å². The van der Waals surface area contributed by atoms with Gasteiger partial charge in [0.05, 0.1) is 27.5 Å². The van der Waals surface area contributed by atoms with E-state index in [0.29, 0.717) is 0 Å². The van der Waals surface area contributed by atoms with Gasteiger partial charge in [0.1, 0.15) is 6.07 Å². The molecule has 0 saturated heterocycles. The van der Waals surface area contributed by atoms with Crippen molar-refractivity contribution in [1.82, 2.24) is 0 Å². The maximum atomic E-state index is 12.9. The number of alkyl halides is 3. The molecule has 0 aliphatic heterocycles. The predicted molar refractivity (Wildman–Crippen MR) is 70.9 cm³/mol. The quantitative estimate of drug-likeness (QED) is 0.849. The highest BCUT2D eigenvalue weighted by atomic mass is 35.5. The molecule has 2 aromatic carbocycles. The number of hydrogen-bond donors (Lipinski definition) is 1. The van der Waals surface area contributed by atoms with Crippen molar-refractivity contribution in [2.75, 3.05) is 5.32 Å². The third-order valence-electron chi connectivity index (χ3n) is 2.63. The second kappa shape index (κ2) is 5.43. The van der Waals surface area contributed by atoms with Crippen LogP contribution in [0.4, 0.5) is 24.5 Å². The van der Waals surface area contributed by atoms with Gasteiger partial charge in [0.2, 0.25) is 0 Å². The molecule has 0 aliphatic rings. The minimum absolute atomic E-state index is 0.103. The molecule has 2 rings (SSSR count). The van der Waals surface area contributed by atoms with Crippen molar-refractivity contribution in [3.63, 3.8) is 0 Å². The molecule has 0 fully saturated rings. The zero-order chi connectivity index (χ0) is 14.8. The predicted octanol–water partition coefficient (Wildman–Crippen LogP) is 4.97. The molecular weight excluding hydrogens is 289 g/mol. The topological polar surface area (TPSA) is 35.8 Å². The molecule has 0 atom stereocenters. The zero-order valence-electron chi connectivity index (χ0n) is 10.0. The van der Waals surface area contributed by atoms with Crippen LogP contribution in [0.3, 0.4) is 0 Å². The molecule has 20 heavy (non-hydrogen) atoms. The lowest BCUT2D eigenvalue weighted by Crippen LogP contribution is -2.09. The van der Waals surface area contributed by atoms with Gasteiger partial charge in [-0.3, -0.25) is 0 Å². The monoisotopic (exact) mass is 296 g/mol.